The number of sulfonamides is 1. The van der Waals surface area contributed by atoms with Gasteiger partial charge in [0.1, 0.15) is 0 Å². The van der Waals surface area contributed by atoms with Crippen LogP contribution in [0.2, 0.25) is 0 Å². The quantitative estimate of drug-likeness (QED) is 0.445. The van der Waals surface area contributed by atoms with Gasteiger partial charge in [-0.3, -0.25) is 0 Å². The third-order valence-corrected chi connectivity index (χ3v) is 4.00. The molecule has 0 bridgehead atoms. The Morgan fingerprint density at radius 3 is 2.62 bits per heavy atom. The minimum absolute atomic E-state index is 0.0229. The van der Waals surface area contributed by atoms with Crippen LogP contribution in [-0.4, -0.2) is 57.0 Å². The Bertz CT molecular complexity index is 277. The third-order valence-electron chi connectivity index (χ3n) is 2.08. The number of hydrogen-bond donors (Lipinski definition) is 1. The van der Waals surface area contributed by atoms with Crippen LogP contribution in [0.4, 0.5) is 0 Å². The second-order valence-corrected chi connectivity index (χ2v) is 5.47. The molecular weight excluding hydrogens is 230 g/mol. The molecule has 0 aromatic carbocycles. The lowest BCUT2D eigenvalue weighted by Crippen LogP contribution is -2.35. The molecule has 0 aliphatic rings. The summed E-state index contributed by atoms with van der Waals surface area (Å²) in [7, 11) is -1.73. The zero-order valence-electron chi connectivity index (χ0n) is 9.76. The molecule has 0 aromatic rings. The van der Waals surface area contributed by atoms with Crippen molar-refractivity contribution < 1.29 is 18.3 Å². The first kappa shape index (κ1) is 15.6. The molecule has 0 aliphatic heterocycles. The SMILES string of the molecule is C=CCN(CCOC)S(=O)(=O)CCCCO. The summed E-state index contributed by atoms with van der Waals surface area (Å²) in [5.74, 6) is 0.0606. The smallest absolute Gasteiger partial charge is 0.214 e. The molecule has 1 N–H and O–H groups in total. The summed E-state index contributed by atoms with van der Waals surface area (Å²) in [6, 6.07) is 0. The van der Waals surface area contributed by atoms with Gasteiger partial charge < -0.3 is 9.84 Å². The Balaban J connectivity index is 4.30. The van der Waals surface area contributed by atoms with Crippen molar-refractivity contribution in [3.8, 4) is 0 Å². The van der Waals surface area contributed by atoms with Gasteiger partial charge >= 0.3 is 0 Å². The molecule has 0 radical (unpaired) electrons. The number of aliphatic hydroxyl groups is 1. The van der Waals surface area contributed by atoms with E-state index in [1.807, 2.05) is 0 Å². The molecule has 0 saturated heterocycles. The van der Waals surface area contributed by atoms with Crippen molar-refractivity contribution in [1.82, 2.24) is 4.31 Å². The minimum atomic E-state index is -3.26. The van der Waals surface area contributed by atoms with Crippen LogP contribution >= 0.6 is 0 Å². The van der Waals surface area contributed by atoms with E-state index in [1.165, 1.54) is 11.4 Å². The van der Waals surface area contributed by atoms with Crippen molar-refractivity contribution in [3.05, 3.63) is 12.7 Å². The number of aliphatic hydroxyl groups excluding tert-OH is 1. The molecule has 0 spiro atoms. The van der Waals surface area contributed by atoms with Gasteiger partial charge in [-0.15, -0.1) is 6.58 Å². The maximum absolute atomic E-state index is 11.8. The summed E-state index contributed by atoms with van der Waals surface area (Å²) in [5, 5.41) is 8.60. The number of methoxy groups -OCH3 is 1. The largest absolute Gasteiger partial charge is 0.396 e. The summed E-state index contributed by atoms with van der Waals surface area (Å²) >= 11 is 0. The molecule has 0 atom stereocenters. The van der Waals surface area contributed by atoms with E-state index in [9.17, 15) is 8.42 Å². The average Bonchev–Trinajstić information content (AvgIpc) is 2.24. The predicted molar refractivity (Wildman–Crippen MR) is 63.8 cm³/mol. The molecule has 0 saturated carbocycles. The van der Waals surface area contributed by atoms with E-state index in [-0.39, 0.29) is 12.4 Å². The van der Waals surface area contributed by atoms with E-state index in [2.05, 4.69) is 6.58 Å². The molecule has 96 valence electrons. The lowest BCUT2D eigenvalue weighted by Gasteiger charge is -2.20. The fourth-order valence-electron chi connectivity index (χ4n) is 1.21. The Morgan fingerprint density at radius 2 is 2.12 bits per heavy atom. The van der Waals surface area contributed by atoms with Gasteiger partial charge in [0.05, 0.1) is 12.4 Å². The van der Waals surface area contributed by atoms with Crippen molar-refractivity contribution in [2.75, 3.05) is 39.2 Å². The monoisotopic (exact) mass is 251 g/mol. The van der Waals surface area contributed by atoms with E-state index >= 15 is 0 Å². The lowest BCUT2D eigenvalue weighted by molar-refractivity contribution is 0.182. The number of ether oxygens (including phenoxy) is 1. The second-order valence-electron chi connectivity index (χ2n) is 3.39. The maximum atomic E-state index is 11.8. The van der Waals surface area contributed by atoms with Crippen LogP contribution < -0.4 is 0 Å². The first-order valence-corrected chi connectivity index (χ1v) is 6.88. The summed E-state index contributed by atoms with van der Waals surface area (Å²) in [4.78, 5) is 0. The highest BCUT2D eigenvalue weighted by atomic mass is 32.2. The Kier molecular flexibility index (Phi) is 8.46. The van der Waals surface area contributed by atoms with Crippen LogP contribution in [0.3, 0.4) is 0 Å². The van der Waals surface area contributed by atoms with Gasteiger partial charge in [-0.25, -0.2) is 8.42 Å². The molecule has 6 heteroatoms. The van der Waals surface area contributed by atoms with Crippen LogP contribution in [0.25, 0.3) is 0 Å². The van der Waals surface area contributed by atoms with Crippen LogP contribution in [-0.2, 0) is 14.8 Å². The Hall–Kier alpha value is -0.430. The van der Waals surface area contributed by atoms with Gasteiger partial charge in [-0.05, 0) is 12.8 Å². The molecule has 0 fully saturated rings. The number of hydrogen-bond acceptors (Lipinski definition) is 4. The summed E-state index contributed by atoms with van der Waals surface area (Å²) < 4.78 is 29.9. The first-order chi connectivity index (χ1) is 7.58. The zero-order valence-corrected chi connectivity index (χ0v) is 10.6. The minimum Gasteiger partial charge on any atom is -0.396 e. The highest BCUT2D eigenvalue weighted by molar-refractivity contribution is 7.89. The van der Waals surface area contributed by atoms with Gasteiger partial charge in [0.25, 0.3) is 0 Å². The molecular formula is C10H21NO4S. The predicted octanol–water partition coefficient (Wildman–Crippen LogP) is 0.223. The third kappa shape index (κ3) is 6.22. The number of unbranched alkanes of at least 4 members (excludes halogenated alkanes) is 1. The van der Waals surface area contributed by atoms with Crippen molar-refractivity contribution in [3.63, 3.8) is 0 Å². The Labute approximate surface area is 97.8 Å². The Morgan fingerprint density at radius 1 is 1.44 bits per heavy atom. The van der Waals surface area contributed by atoms with Crippen molar-refractivity contribution >= 4 is 10.0 Å². The molecule has 0 unspecified atom stereocenters. The van der Waals surface area contributed by atoms with Crippen LogP contribution in [0, 0.1) is 0 Å². The van der Waals surface area contributed by atoms with E-state index in [0.717, 1.165) is 0 Å². The van der Waals surface area contributed by atoms with E-state index in [0.29, 0.717) is 32.5 Å². The van der Waals surface area contributed by atoms with Crippen LogP contribution in [0.5, 0.6) is 0 Å². The molecule has 0 rings (SSSR count). The zero-order chi connectivity index (χ0) is 12.4. The standard InChI is InChI=1S/C10H21NO4S/c1-3-6-11(7-9-15-2)16(13,14)10-5-4-8-12/h3,12H,1,4-10H2,2H3. The van der Waals surface area contributed by atoms with Crippen molar-refractivity contribution in [2.24, 2.45) is 0 Å². The van der Waals surface area contributed by atoms with Crippen LogP contribution in [0.15, 0.2) is 12.7 Å². The normalized spacial score (nSPS) is 11.9. The van der Waals surface area contributed by atoms with Gasteiger partial charge in [0.2, 0.25) is 10.0 Å². The van der Waals surface area contributed by atoms with Crippen molar-refractivity contribution in [1.29, 1.82) is 0 Å². The van der Waals surface area contributed by atoms with Crippen molar-refractivity contribution in [2.45, 2.75) is 12.8 Å². The maximum Gasteiger partial charge on any atom is 0.214 e. The summed E-state index contributed by atoms with van der Waals surface area (Å²) in [5.41, 5.74) is 0. The molecule has 0 aliphatic carbocycles. The van der Waals surface area contributed by atoms with E-state index in [4.69, 9.17) is 9.84 Å². The van der Waals surface area contributed by atoms with Gasteiger partial charge in [-0.1, -0.05) is 6.08 Å². The highest BCUT2D eigenvalue weighted by Crippen LogP contribution is 2.05. The highest BCUT2D eigenvalue weighted by Gasteiger charge is 2.19. The van der Waals surface area contributed by atoms with Gasteiger partial charge in [0.15, 0.2) is 0 Å². The number of nitrogens with zero attached hydrogens (tertiary/aromatic N) is 1. The van der Waals surface area contributed by atoms with Crippen LogP contribution in [0.1, 0.15) is 12.8 Å². The van der Waals surface area contributed by atoms with Gasteiger partial charge in [-0.2, -0.15) is 4.31 Å². The molecule has 0 amide bonds. The fourth-order valence-corrected chi connectivity index (χ4v) is 2.72. The summed E-state index contributed by atoms with van der Waals surface area (Å²) in [6.07, 6.45) is 2.53. The summed E-state index contributed by atoms with van der Waals surface area (Å²) in [6.45, 7) is 4.56. The first-order valence-electron chi connectivity index (χ1n) is 5.27. The van der Waals surface area contributed by atoms with E-state index in [1.54, 1.807) is 6.08 Å². The van der Waals surface area contributed by atoms with E-state index < -0.39 is 10.0 Å². The average molecular weight is 251 g/mol. The fraction of sp³-hybridized carbons (Fsp3) is 0.800. The topological polar surface area (TPSA) is 66.8 Å². The molecule has 16 heavy (non-hydrogen) atoms. The number of rotatable bonds is 10. The molecule has 0 aromatic heterocycles. The van der Waals surface area contributed by atoms with Gasteiger partial charge in [0, 0.05) is 26.8 Å². The molecule has 0 heterocycles. The molecule has 5 nitrogen and oxygen atoms in total. The lowest BCUT2D eigenvalue weighted by atomic mass is 10.4. The second kappa shape index (κ2) is 8.69.